The molecule has 2 aliphatic rings. The summed E-state index contributed by atoms with van der Waals surface area (Å²) < 4.78 is 1.88. The number of thioether (sulfide) groups is 2. The van der Waals surface area contributed by atoms with Gasteiger partial charge in [0.25, 0.3) is 5.91 Å². The molecular weight excluding hydrogens is 676 g/mol. The van der Waals surface area contributed by atoms with E-state index in [1.54, 1.807) is 42.5 Å². The quantitative estimate of drug-likeness (QED) is 0.0974. The number of amides is 3. The Morgan fingerprint density at radius 3 is 2.66 bits per heavy atom. The van der Waals surface area contributed by atoms with Gasteiger partial charge in [-0.2, -0.15) is 0 Å². The molecule has 0 radical (unpaired) electrons. The Kier molecular flexibility index (Phi) is 8.56. The van der Waals surface area contributed by atoms with E-state index in [4.69, 9.17) is 11.6 Å². The standard InChI is InChI=1S/C28H23ClN8O8S2/c1-35-23(41)21(39)33-34-28(35)47-11-13-10-46-24-18(22(40)37(24)19(13)25(42)43)31-20(38)17(12-5-4-6-14(29)9-12)32-27(45)36-16-8-3-2-7-15(16)30-26(36)44/h2-9,17-18,24H,10-11H2,1H3,(H,30,44)(H,31,38)(H,32,45)(H,33,39)(H,42,43)/t17?,18?,24-/m0/s1. The molecular formula is C28H23ClN8O8S2. The fourth-order valence-corrected chi connectivity index (χ4v) is 7.81. The summed E-state index contributed by atoms with van der Waals surface area (Å²) in [5.74, 6) is -2.62. The van der Waals surface area contributed by atoms with Crippen LogP contribution < -0.4 is 27.4 Å². The number of carbonyl (C=O) groups is 4. The summed E-state index contributed by atoms with van der Waals surface area (Å²) in [4.78, 5) is 92.5. The van der Waals surface area contributed by atoms with Crippen molar-refractivity contribution < 1.29 is 24.3 Å². The Labute approximate surface area is 276 Å². The highest BCUT2D eigenvalue weighted by molar-refractivity contribution is 8.01. The molecule has 6 rings (SSSR count). The van der Waals surface area contributed by atoms with Gasteiger partial charge in [0.1, 0.15) is 23.2 Å². The van der Waals surface area contributed by atoms with Crippen molar-refractivity contribution in [1.82, 2.24) is 39.8 Å². The third kappa shape index (κ3) is 5.85. The van der Waals surface area contributed by atoms with E-state index in [2.05, 4.69) is 25.8 Å². The highest BCUT2D eigenvalue weighted by Crippen LogP contribution is 2.41. The fraction of sp³-hybridized carbons (Fsp3) is 0.214. The van der Waals surface area contributed by atoms with E-state index in [1.165, 1.54) is 24.9 Å². The number of halogens is 1. The number of hydrogen-bond acceptors (Lipinski definition) is 10. The molecule has 5 N–H and O–H groups in total. The number of hydrogen-bond donors (Lipinski definition) is 5. The smallest absolute Gasteiger partial charge is 0.352 e. The van der Waals surface area contributed by atoms with Crippen LogP contribution in [0, 0.1) is 0 Å². The summed E-state index contributed by atoms with van der Waals surface area (Å²) >= 11 is 8.40. The highest BCUT2D eigenvalue weighted by Gasteiger charge is 2.54. The number of nitrogens with zero attached hydrogens (tertiary/aromatic N) is 4. The summed E-state index contributed by atoms with van der Waals surface area (Å²) in [6.07, 6.45) is 0. The first-order valence-electron chi connectivity index (χ1n) is 13.7. The zero-order valence-corrected chi connectivity index (χ0v) is 26.4. The number of imidazole rings is 1. The molecule has 1 fully saturated rings. The first kappa shape index (κ1) is 31.9. The first-order chi connectivity index (χ1) is 22.5. The minimum absolute atomic E-state index is 0.0462. The Morgan fingerprint density at radius 2 is 1.91 bits per heavy atom. The van der Waals surface area contributed by atoms with Gasteiger partial charge in [0, 0.05) is 23.6 Å². The maximum Gasteiger partial charge on any atom is 0.352 e. The van der Waals surface area contributed by atoms with Gasteiger partial charge >= 0.3 is 28.8 Å². The Hall–Kier alpha value is -5.07. The van der Waals surface area contributed by atoms with Gasteiger partial charge in [-0.05, 0) is 35.4 Å². The van der Waals surface area contributed by atoms with Crippen LogP contribution in [0.4, 0.5) is 4.79 Å². The summed E-state index contributed by atoms with van der Waals surface area (Å²) in [6.45, 7) is 0. The lowest BCUT2D eigenvalue weighted by Crippen LogP contribution is -2.71. The van der Waals surface area contributed by atoms with Gasteiger partial charge < -0.3 is 20.7 Å². The molecule has 1 saturated heterocycles. The van der Waals surface area contributed by atoms with Gasteiger partial charge in [-0.15, -0.1) is 16.9 Å². The van der Waals surface area contributed by atoms with Crippen molar-refractivity contribution in [3.63, 3.8) is 0 Å². The Bertz CT molecular complexity index is 2190. The number of carbonyl (C=O) groups excluding carboxylic acids is 3. The lowest BCUT2D eigenvalue weighted by Gasteiger charge is -2.49. The molecule has 19 heteroatoms. The van der Waals surface area contributed by atoms with Gasteiger partial charge in [0.05, 0.1) is 11.0 Å². The first-order valence-corrected chi connectivity index (χ1v) is 16.1. The molecule has 47 heavy (non-hydrogen) atoms. The number of aromatic nitrogens is 5. The summed E-state index contributed by atoms with van der Waals surface area (Å²) in [5, 5.41) is 20.8. The SMILES string of the molecule is Cn1c(SCC2=C(C(=O)O)N3C(=O)C(NC(=O)C(NC(=O)n4c(=O)[nH]c5ccccc54)c4cccc(Cl)c4)[C@@H]3SC2)n[nH]c(=O)c1=O. The van der Waals surface area contributed by atoms with Gasteiger partial charge in [0.2, 0.25) is 5.91 Å². The van der Waals surface area contributed by atoms with E-state index in [1.807, 2.05) is 0 Å². The van der Waals surface area contributed by atoms with E-state index in [-0.39, 0.29) is 38.5 Å². The minimum Gasteiger partial charge on any atom is -0.477 e. The lowest BCUT2D eigenvalue weighted by molar-refractivity contribution is -0.151. The van der Waals surface area contributed by atoms with E-state index in [9.17, 15) is 38.7 Å². The molecule has 0 bridgehead atoms. The van der Waals surface area contributed by atoms with Crippen LogP contribution in [-0.2, 0) is 21.4 Å². The monoisotopic (exact) mass is 698 g/mol. The molecule has 3 atom stereocenters. The van der Waals surface area contributed by atoms with Crippen LogP contribution in [0.25, 0.3) is 11.0 Å². The van der Waals surface area contributed by atoms with Crippen LogP contribution >= 0.6 is 35.1 Å². The predicted octanol–water partition coefficient (Wildman–Crippen LogP) is 0.595. The van der Waals surface area contributed by atoms with Crippen molar-refractivity contribution in [3.8, 4) is 0 Å². The maximum absolute atomic E-state index is 13.7. The van der Waals surface area contributed by atoms with Crippen LogP contribution in [0.15, 0.2) is 79.3 Å². The van der Waals surface area contributed by atoms with Gasteiger partial charge in [-0.1, -0.05) is 47.6 Å². The second kappa shape index (κ2) is 12.6. The van der Waals surface area contributed by atoms with Crippen molar-refractivity contribution in [2.75, 3.05) is 11.5 Å². The average molecular weight is 699 g/mol. The third-order valence-electron chi connectivity index (χ3n) is 7.47. The van der Waals surface area contributed by atoms with Gasteiger partial charge in [-0.25, -0.2) is 24.0 Å². The number of carboxylic acids is 1. The fourth-order valence-electron chi connectivity index (χ4n) is 5.20. The summed E-state index contributed by atoms with van der Waals surface area (Å²) in [6, 6.07) is 9.20. The average Bonchev–Trinajstić information content (AvgIpc) is 3.39. The number of para-hydroxylation sites is 2. The number of benzene rings is 2. The maximum atomic E-state index is 13.7. The molecule has 2 aromatic carbocycles. The molecule has 0 spiro atoms. The molecule has 4 heterocycles. The minimum atomic E-state index is -1.39. The molecule has 242 valence electrons. The number of β-lactam (4-membered cyclic amide) rings is 1. The normalized spacial score (nSPS) is 18.0. The molecule has 0 saturated carbocycles. The van der Waals surface area contributed by atoms with E-state index < -0.39 is 58.1 Å². The number of rotatable bonds is 8. The van der Waals surface area contributed by atoms with Crippen LogP contribution in [0.2, 0.25) is 5.02 Å². The molecule has 2 aliphatic heterocycles. The molecule has 0 aliphatic carbocycles. The van der Waals surface area contributed by atoms with E-state index >= 15 is 0 Å². The van der Waals surface area contributed by atoms with Crippen molar-refractivity contribution in [3.05, 3.63) is 102 Å². The van der Waals surface area contributed by atoms with Crippen LogP contribution in [0.5, 0.6) is 0 Å². The molecule has 2 aromatic heterocycles. The number of fused-ring (bicyclic) bond motifs is 2. The van der Waals surface area contributed by atoms with E-state index in [0.717, 1.165) is 25.8 Å². The zero-order chi connectivity index (χ0) is 33.6. The third-order valence-corrected chi connectivity index (χ3v) is 10.2. The summed E-state index contributed by atoms with van der Waals surface area (Å²) in [7, 11) is 1.36. The summed E-state index contributed by atoms with van der Waals surface area (Å²) in [5.41, 5.74) is -1.38. The van der Waals surface area contributed by atoms with Crippen molar-refractivity contribution in [2.45, 2.75) is 22.6 Å². The Balaban J connectivity index is 1.22. The lowest BCUT2D eigenvalue weighted by atomic mass is 10.0. The van der Waals surface area contributed by atoms with Gasteiger partial charge in [-0.3, -0.25) is 28.6 Å². The molecule has 3 amide bonds. The van der Waals surface area contributed by atoms with E-state index in [0.29, 0.717) is 11.1 Å². The predicted molar refractivity (Wildman–Crippen MR) is 171 cm³/mol. The van der Waals surface area contributed by atoms with Crippen LogP contribution in [0.1, 0.15) is 11.6 Å². The second-order valence-corrected chi connectivity index (χ2v) is 12.8. The topological polar surface area (TPSA) is 221 Å². The van der Waals surface area contributed by atoms with Crippen molar-refractivity contribution >= 4 is 70.0 Å². The molecule has 4 aromatic rings. The Morgan fingerprint density at radius 1 is 1.15 bits per heavy atom. The second-order valence-electron chi connectivity index (χ2n) is 10.4. The molecule has 16 nitrogen and oxygen atoms in total. The number of aromatic amines is 2. The highest BCUT2D eigenvalue weighted by atomic mass is 35.5. The number of aliphatic carboxylic acids is 1. The number of nitrogens with one attached hydrogen (secondary N) is 4. The number of H-pyrrole nitrogens is 2. The van der Waals surface area contributed by atoms with Gasteiger partial charge in [0.15, 0.2) is 5.16 Å². The van der Waals surface area contributed by atoms with Crippen LogP contribution in [0.3, 0.4) is 0 Å². The largest absolute Gasteiger partial charge is 0.477 e. The zero-order valence-electron chi connectivity index (χ0n) is 24.1. The number of carboxylic acid groups (broad SMARTS) is 1. The van der Waals surface area contributed by atoms with Crippen LogP contribution in [-0.4, -0.2) is 81.1 Å². The van der Waals surface area contributed by atoms with Crippen molar-refractivity contribution in [1.29, 1.82) is 0 Å². The molecule has 2 unspecified atom stereocenters. The van der Waals surface area contributed by atoms with Crippen molar-refractivity contribution in [2.24, 2.45) is 7.05 Å².